The van der Waals surface area contributed by atoms with Crippen LogP contribution in [0.3, 0.4) is 0 Å². The van der Waals surface area contributed by atoms with Crippen LogP contribution >= 0.6 is 0 Å². The lowest BCUT2D eigenvalue weighted by Crippen LogP contribution is -2.05. The first kappa shape index (κ1) is 12.1. The molecule has 3 aromatic rings. The molecule has 0 spiro atoms. The number of nitrogens with one attached hydrogen (secondary N) is 1. The molecule has 1 aromatic carbocycles. The van der Waals surface area contributed by atoms with E-state index in [1.807, 2.05) is 47.2 Å². The van der Waals surface area contributed by atoms with Crippen LogP contribution in [0.15, 0.2) is 59.9 Å². The molecule has 0 unspecified atom stereocenters. The molecule has 98 valence electrons. The predicted octanol–water partition coefficient (Wildman–Crippen LogP) is 2.13. The molecule has 0 saturated heterocycles. The molecule has 5 nitrogen and oxygen atoms in total. The lowest BCUT2D eigenvalue weighted by Gasteiger charge is -2.01. The van der Waals surface area contributed by atoms with E-state index in [0.29, 0.717) is 5.69 Å². The van der Waals surface area contributed by atoms with E-state index in [-0.39, 0.29) is 5.56 Å². The van der Waals surface area contributed by atoms with Crippen molar-refractivity contribution in [1.82, 2.24) is 19.7 Å². The minimum atomic E-state index is -0.202. The smallest absolute Gasteiger partial charge is 0.264 e. The number of aromatic amines is 1. The lowest BCUT2D eigenvalue weighted by atomic mass is 10.2. The van der Waals surface area contributed by atoms with E-state index in [2.05, 4.69) is 15.2 Å². The Balaban J connectivity index is 1.78. The van der Waals surface area contributed by atoms with Gasteiger partial charge in [0.2, 0.25) is 0 Å². The van der Waals surface area contributed by atoms with Crippen LogP contribution in [0.2, 0.25) is 0 Å². The van der Waals surface area contributed by atoms with E-state index in [1.165, 1.54) is 6.07 Å². The molecule has 1 N–H and O–H groups in total. The normalized spacial score (nSPS) is 11.0. The maximum Gasteiger partial charge on any atom is 0.264 e. The highest BCUT2D eigenvalue weighted by Gasteiger charge is 1.95. The van der Waals surface area contributed by atoms with Crippen molar-refractivity contribution in [3.05, 3.63) is 76.7 Å². The quantitative estimate of drug-likeness (QED) is 0.788. The Hall–Kier alpha value is -2.95. The zero-order chi connectivity index (χ0) is 13.8. The number of H-pyrrole nitrogens is 1. The molecule has 2 aromatic heterocycles. The monoisotopic (exact) mass is 264 g/mol. The van der Waals surface area contributed by atoms with Gasteiger partial charge in [-0.15, -0.1) is 0 Å². The van der Waals surface area contributed by atoms with Gasteiger partial charge in [0.25, 0.3) is 5.56 Å². The first-order valence-electron chi connectivity index (χ1n) is 6.13. The van der Waals surface area contributed by atoms with Crippen molar-refractivity contribution in [1.29, 1.82) is 0 Å². The Morgan fingerprint density at radius 2 is 1.90 bits per heavy atom. The van der Waals surface area contributed by atoms with Crippen molar-refractivity contribution in [2.24, 2.45) is 0 Å². The van der Waals surface area contributed by atoms with Gasteiger partial charge in [-0.1, -0.05) is 18.2 Å². The summed E-state index contributed by atoms with van der Waals surface area (Å²) in [6, 6.07) is 11.2. The average Bonchev–Trinajstić information content (AvgIpc) is 3.01. The predicted molar refractivity (Wildman–Crippen MR) is 77.3 cm³/mol. The Kier molecular flexibility index (Phi) is 3.24. The molecule has 0 amide bonds. The molecule has 2 heterocycles. The van der Waals surface area contributed by atoms with E-state index >= 15 is 0 Å². The molecule has 0 aliphatic carbocycles. The second kappa shape index (κ2) is 5.36. The van der Waals surface area contributed by atoms with Crippen molar-refractivity contribution in [2.75, 3.05) is 0 Å². The van der Waals surface area contributed by atoms with Gasteiger partial charge in [0.05, 0.1) is 12.0 Å². The first-order valence-corrected chi connectivity index (χ1v) is 6.13. The van der Waals surface area contributed by atoms with Crippen LogP contribution in [-0.2, 0) is 0 Å². The fourth-order valence-corrected chi connectivity index (χ4v) is 1.80. The Morgan fingerprint density at radius 3 is 2.55 bits per heavy atom. The van der Waals surface area contributed by atoms with E-state index < -0.39 is 0 Å². The largest absolute Gasteiger partial charge is 0.306 e. The van der Waals surface area contributed by atoms with Crippen molar-refractivity contribution < 1.29 is 0 Å². The third-order valence-electron chi connectivity index (χ3n) is 2.84. The van der Waals surface area contributed by atoms with Crippen molar-refractivity contribution in [3.8, 4) is 5.69 Å². The summed E-state index contributed by atoms with van der Waals surface area (Å²) in [7, 11) is 0. The molecule has 0 radical (unpaired) electrons. The van der Waals surface area contributed by atoms with E-state index in [0.717, 1.165) is 11.3 Å². The van der Waals surface area contributed by atoms with Crippen LogP contribution in [0, 0.1) is 0 Å². The van der Waals surface area contributed by atoms with Crippen molar-refractivity contribution in [3.63, 3.8) is 0 Å². The van der Waals surface area contributed by atoms with Gasteiger partial charge < -0.3 is 4.57 Å². The summed E-state index contributed by atoms with van der Waals surface area (Å²) in [5.41, 5.74) is 2.62. The SMILES string of the molecule is O=c1ccc(/C=C/c2ccc(-n3ccnc3)cc2)n[nH]1. The van der Waals surface area contributed by atoms with Crippen molar-refractivity contribution in [2.45, 2.75) is 0 Å². The van der Waals surface area contributed by atoms with Crippen molar-refractivity contribution >= 4 is 12.2 Å². The fourth-order valence-electron chi connectivity index (χ4n) is 1.80. The number of imidazole rings is 1. The molecular weight excluding hydrogens is 252 g/mol. The fraction of sp³-hybridized carbons (Fsp3) is 0. The molecule has 0 fully saturated rings. The van der Waals surface area contributed by atoms with Crippen LogP contribution in [0.1, 0.15) is 11.3 Å². The zero-order valence-corrected chi connectivity index (χ0v) is 10.6. The van der Waals surface area contributed by atoms with Gasteiger partial charge in [0.1, 0.15) is 0 Å². The van der Waals surface area contributed by atoms with Gasteiger partial charge >= 0.3 is 0 Å². The highest BCUT2D eigenvalue weighted by molar-refractivity contribution is 5.68. The van der Waals surface area contributed by atoms with Crippen LogP contribution in [-0.4, -0.2) is 19.7 Å². The first-order chi connectivity index (χ1) is 9.81. The second-order valence-corrected chi connectivity index (χ2v) is 4.24. The summed E-state index contributed by atoms with van der Waals surface area (Å²) in [5, 5.41) is 6.31. The number of hydrogen-bond donors (Lipinski definition) is 1. The number of aromatic nitrogens is 4. The van der Waals surface area contributed by atoms with Gasteiger partial charge in [-0.2, -0.15) is 5.10 Å². The highest BCUT2D eigenvalue weighted by Crippen LogP contribution is 2.11. The summed E-state index contributed by atoms with van der Waals surface area (Å²) < 4.78 is 1.94. The lowest BCUT2D eigenvalue weighted by molar-refractivity contribution is 0.977. The molecule has 3 rings (SSSR count). The highest BCUT2D eigenvalue weighted by atomic mass is 16.1. The summed E-state index contributed by atoms with van der Waals surface area (Å²) in [6.45, 7) is 0. The van der Waals surface area contributed by atoms with Crippen LogP contribution in [0.4, 0.5) is 0 Å². The van der Waals surface area contributed by atoms with Gasteiger partial charge in [-0.05, 0) is 29.8 Å². The summed E-state index contributed by atoms with van der Waals surface area (Å²) in [6.07, 6.45) is 9.19. The third kappa shape index (κ3) is 2.72. The van der Waals surface area contributed by atoms with E-state index in [9.17, 15) is 4.79 Å². The number of rotatable bonds is 3. The summed E-state index contributed by atoms with van der Waals surface area (Å²) in [4.78, 5) is 14.9. The van der Waals surface area contributed by atoms with Gasteiger partial charge in [0.15, 0.2) is 0 Å². The Labute approximate surface area is 115 Å². The topological polar surface area (TPSA) is 63.6 Å². The van der Waals surface area contributed by atoms with Crippen LogP contribution in [0.5, 0.6) is 0 Å². The molecule has 0 aliphatic rings. The minimum Gasteiger partial charge on any atom is -0.306 e. The number of benzene rings is 1. The summed E-state index contributed by atoms with van der Waals surface area (Å²) >= 11 is 0. The van der Waals surface area contributed by atoms with Crippen LogP contribution < -0.4 is 5.56 Å². The van der Waals surface area contributed by atoms with Gasteiger partial charge in [-0.3, -0.25) is 4.79 Å². The average molecular weight is 264 g/mol. The number of nitrogens with zero attached hydrogens (tertiary/aromatic N) is 3. The second-order valence-electron chi connectivity index (χ2n) is 4.24. The zero-order valence-electron chi connectivity index (χ0n) is 10.6. The molecule has 20 heavy (non-hydrogen) atoms. The van der Waals surface area contributed by atoms with E-state index in [1.54, 1.807) is 18.6 Å². The molecule has 0 aliphatic heterocycles. The maximum atomic E-state index is 10.9. The summed E-state index contributed by atoms with van der Waals surface area (Å²) in [5.74, 6) is 0. The molecular formula is C15H12N4O. The molecule has 0 atom stereocenters. The van der Waals surface area contributed by atoms with Gasteiger partial charge in [-0.25, -0.2) is 10.1 Å². The van der Waals surface area contributed by atoms with Gasteiger partial charge in [0, 0.05) is 24.1 Å². The molecule has 0 saturated carbocycles. The molecule has 5 heteroatoms. The minimum absolute atomic E-state index is 0.202. The Bertz CT molecular complexity index is 750. The standard InChI is InChI=1S/C15H12N4O/c20-15-8-5-13(17-18-15)4-1-12-2-6-14(7-3-12)19-10-9-16-11-19/h1-11H,(H,18,20)/b4-1+. The van der Waals surface area contributed by atoms with E-state index in [4.69, 9.17) is 0 Å². The van der Waals surface area contributed by atoms with Crippen LogP contribution in [0.25, 0.3) is 17.8 Å². The number of hydrogen-bond acceptors (Lipinski definition) is 3. The molecule has 0 bridgehead atoms. The maximum absolute atomic E-state index is 10.9. The third-order valence-corrected chi connectivity index (χ3v) is 2.84. The Morgan fingerprint density at radius 1 is 1.05 bits per heavy atom.